The maximum Gasteiger partial charge on any atom is 0.238 e. The summed E-state index contributed by atoms with van der Waals surface area (Å²) >= 11 is 0. The van der Waals surface area contributed by atoms with Crippen LogP contribution in [0.25, 0.3) is 22.5 Å². The number of benzene rings is 1. The van der Waals surface area contributed by atoms with E-state index >= 15 is 0 Å². The van der Waals surface area contributed by atoms with Gasteiger partial charge in [0.1, 0.15) is 24.4 Å². The van der Waals surface area contributed by atoms with Crippen LogP contribution in [0.5, 0.6) is 5.88 Å². The lowest BCUT2D eigenvalue weighted by molar-refractivity contribution is -0.117. The van der Waals surface area contributed by atoms with Crippen LogP contribution < -0.4 is 15.0 Å². The van der Waals surface area contributed by atoms with Crippen molar-refractivity contribution in [1.82, 2.24) is 24.7 Å². The summed E-state index contributed by atoms with van der Waals surface area (Å²) in [5, 5.41) is 11.7. The number of anilines is 3. The second kappa shape index (κ2) is 9.07. The summed E-state index contributed by atoms with van der Waals surface area (Å²) in [4.78, 5) is 23.2. The third kappa shape index (κ3) is 4.17. The first-order valence-corrected chi connectivity index (χ1v) is 12.2. The van der Waals surface area contributed by atoms with Gasteiger partial charge in [-0.15, -0.1) is 10.2 Å². The van der Waals surface area contributed by atoms with E-state index in [1.807, 2.05) is 29.3 Å². The Kier molecular flexibility index (Phi) is 5.59. The molecule has 1 saturated heterocycles. The minimum atomic E-state index is 0.0948. The molecule has 0 saturated carbocycles. The Morgan fingerprint density at radius 3 is 2.64 bits per heavy atom. The van der Waals surface area contributed by atoms with E-state index in [0.717, 1.165) is 46.9 Å². The SMILES string of the molecule is CC(C)Cn1cnnc1-c1ccc(-c2ccc(Nc3cnc4c(c3)N3C(=O)CC[C@H]3CO4)nc2)cc1. The molecular formula is C27H27N7O2. The molecule has 0 unspecified atom stereocenters. The normalized spacial score (nSPS) is 16.6. The number of carbonyl (C=O) groups excluding carboxylic acids is 1. The van der Waals surface area contributed by atoms with Crippen LogP contribution in [0.2, 0.25) is 0 Å². The molecule has 9 heteroatoms. The van der Waals surface area contributed by atoms with Crippen LogP contribution in [0, 0.1) is 5.92 Å². The Hall–Kier alpha value is -4.27. The van der Waals surface area contributed by atoms with Gasteiger partial charge in [0.2, 0.25) is 11.8 Å². The largest absolute Gasteiger partial charge is 0.474 e. The van der Waals surface area contributed by atoms with Crippen LogP contribution >= 0.6 is 0 Å². The fourth-order valence-corrected chi connectivity index (χ4v) is 4.80. The molecule has 2 aliphatic rings. The van der Waals surface area contributed by atoms with Gasteiger partial charge in [-0.2, -0.15) is 0 Å². The highest BCUT2D eigenvalue weighted by Crippen LogP contribution is 2.39. The van der Waals surface area contributed by atoms with Crippen molar-refractivity contribution in [2.45, 2.75) is 39.3 Å². The molecule has 2 aliphatic heterocycles. The molecule has 1 fully saturated rings. The monoisotopic (exact) mass is 481 g/mol. The van der Waals surface area contributed by atoms with Gasteiger partial charge in [-0.05, 0) is 36.1 Å². The van der Waals surface area contributed by atoms with Crippen molar-refractivity contribution in [3.05, 3.63) is 61.2 Å². The number of amides is 1. The third-order valence-corrected chi connectivity index (χ3v) is 6.52. The summed E-state index contributed by atoms with van der Waals surface area (Å²) in [5.74, 6) is 2.71. The second-order valence-corrected chi connectivity index (χ2v) is 9.65. The van der Waals surface area contributed by atoms with E-state index in [9.17, 15) is 4.79 Å². The van der Waals surface area contributed by atoms with Crippen molar-refractivity contribution in [3.8, 4) is 28.4 Å². The van der Waals surface area contributed by atoms with Crippen LogP contribution in [-0.4, -0.2) is 43.3 Å². The number of rotatable bonds is 6. The molecule has 1 aromatic carbocycles. The minimum absolute atomic E-state index is 0.0948. The van der Waals surface area contributed by atoms with E-state index in [0.29, 0.717) is 30.6 Å². The number of carbonyl (C=O) groups is 1. The van der Waals surface area contributed by atoms with Crippen molar-refractivity contribution in [2.24, 2.45) is 5.92 Å². The van der Waals surface area contributed by atoms with Gasteiger partial charge in [-0.3, -0.25) is 4.79 Å². The Bertz CT molecular complexity index is 1400. The quantitative estimate of drug-likeness (QED) is 0.427. The van der Waals surface area contributed by atoms with Crippen molar-refractivity contribution in [3.63, 3.8) is 0 Å². The summed E-state index contributed by atoms with van der Waals surface area (Å²) < 4.78 is 7.84. The highest BCUT2D eigenvalue weighted by Gasteiger charge is 2.38. The number of pyridine rings is 2. The maximum atomic E-state index is 12.4. The van der Waals surface area contributed by atoms with Gasteiger partial charge in [-0.1, -0.05) is 38.1 Å². The molecule has 3 aromatic heterocycles. The molecule has 0 radical (unpaired) electrons. The van der Waals surface area contributed by atoms with Crippen LogP contribution in [0.3, 0.4) is 0 Å². The zero-order valence-corrected chi connectivity index (χ0v) is 20.3. The molecule has 6 rings (SSSR count). The molecule has 182 valence electrons. The highest BCUT2D eigenvalue weighted by molar-refractivity contribution is 5.98. The van der Waals surface area contributed by atoms with Crippen molar-refractivity contribution < 1.29 is 9.53 Å². The number of aromatic nitrogens is 5. The topological polar surface area (TPSA) is 98.1 Å². The van der Waals surface area contributed by atoms with Crippen LogP contribution in [0.15, 0.2) is 61.2 Å². The number of nitrogens with zero attached hydrogens (tertiary/aromatic N) is 6. The molecule has 1 atom stereocenters. The summed E-state index contributed by atoms with van der Waals surface area (Å²) in [6, 6.07) is 14.2. The maximum absolute atomic E-state index is 12.4. The highest BCUT2D eigenvalue weighted by atomic mass is 16.5. The minimum Gasteiger partial charge on any atom is -0.474 e. The molecule has 0 aliphatic carbocycles. The number of nitrogens with one attached hydrogen (secondary N) is 1. The molecule has 1 N–H and O–H groups in total. The number of hydrogen-bond acceptors (Lipinski definition) is 7. The molecule has 5 heterocycles. The predicted octanol–water partition coefficient (Wildman–Crippen LogP) is 4.69. The summed E-state index contributed by atoms with van der Waals surface area (Å²) in [6.07, 6.45) is 6.69. The molecule has 1 amide bonds. The van der Waals surface area contributed by atoms with E-state index in [1.54, 1.807) is 12.5 Å². The smallest absolute Gasteiger partial charge is 0.238 e. The summed E-state index contributed by atoms with van der Waals surface area (Å²) in [5.41, 5.74) is 4.59. The molecular weight excluding hydrogens is 454 g/mol. The standard InChI is InChI=1S/C27H27N7O2/c1-17(2)14-33-16-30-32-26(33)19-5-3-18(4-6-19)20-7-9-24(28-12-20)31-21-11-23-27(29-13-21)36-15-22-8-10-25(35)34(22)23/h3-7,9,11-13,16-17,22H,8,10,14-15H2,1-2H3,(H,28,31)/t22-/m0/s1. The van der Waals surface area contributed by atoms with Gasteiger partial charge in [-0.25, -0.2) is 9.97 Å². The lowest BCUT2D eigenvalue weighted by atomic mass is 10.1. The summed E-state index contributed by atoms with van der Waals surface area (Å²) in [7, 11) is 0. The van der Waals surface area contributed by atoms with Crippen molar-refractivity contribution in [2.75, 3.05) is 16.8 Å². The average Bonchev–Trinajstić information content (AvgIpc) is 3.51. The van der Waals surface area contributed by atoms with Crippen molar-refractivity contribution in [1.29, 1.82) is 0 Å². The van der Waals surface area contributed by atoms with E-state index in [1.165, 1.54) is 0 Å². The predicted molar refractivity (Wildman–Crippen MR) is 137 cm³/mol. The van der Waals surface area contributed by atoms with Crippen molar-refractivity contribution >= 4 is 23.1 Å². The van der Waals surface area contributed by atoms with Gasteiger partial charge in [0, 0.05) is 30.3 Å². The van der Waals surface area contributed by atoms with E-state index in [4.69, 9.17) is 4.74 Å². The third-order valence-electron chi connectivity index (χ3n) is 6.52. The van der Waals surface area contributed by atoms with E-state index < -0.39 is 0 Å². The average molecular weight is 482 g/mol. The van der Waals surface area contributed by atoms with Gasteiger partial charge in [0.05, 0.1) is 17.9 Å². The molecule has 36 heavy (non-hydrogen) atoms. The summed E-state index contributed by atoms with van der Waals surface area (Å²) in [6.45, 7) is 5.74. The Morgan fingerprint density at radius 1 is 1.06 bits per heavy atom. The van der Waals surface area contributed by atoms with Crippen LogP contribution in [0.1, 0.15) is 26.7 Å². The first kappa shape index (κ1) is 22.2. The zero-order valence-electron chi connectivity index (χ0n) is 20.3. The molecule has 4 aromatic rings. The lowest BCUT2D eigenvalue weighted by Gasteiger charge is -2.31. The molecule has 9 nitrogen and oxygen atoms in total. The van der Waals surface area contributed by atoms with Gasteiger partial charge < -0.3 is 19.5 Å². The number of ether oxygens (including phenoxy) is 1. The van der Waals surface area contributed by atoms with E-state index in [-0.39, 0.29) is 11.9 Å². The van der Waals surface area contributed by atoms with Gasteiger partial charge in [0.15, 0.2) is 5.82 Å². The zero-order chi connectivity index (χ0) is 24.6. The van der Waals surface area contributed by atoms with Gasteiger partial charge in [0.25, 0.3) is 0 Å². The molecule has 0 bridgehead atoms. The Balaban J connectivity index is 1.17. The van der Waals surface area contributed by atoms with Crippen LogP contribution in [0.4, 0.5) is 17.2 Å². The van der Waals surface area contributed by atoms with Crippen LogP contribution in [-0.2, 0) is 11.3 Å². The Labute approximate surface area is 209 Å². The van der Waals surface area contributed by atoms with Gasteiger partial charge >= 0.3 is 0 Å². The number of hydrogen-bond donors (Lipinski definition) is 1. The first-order valence-electron chi connectivity index (χ1n) is 12.2. The molecule has 0 spiro atoms. The lowest BCUT2D eigenvalue weighted by Crippen LogP contribution is -2.40. The van der Waals surface area contributed by atoms with E-state index in [2.05, 4.69) is 68.2 Å². The second-order valence-electron chi connectivity index (χ2n) is 9.65. The number of fused-ring (bicyclic) bond motifs is 3. The Morgan fingerprint density at radius 2 is 1.86 bits per heavy atom. The fourth-order valence-electron chi connectivity index (χ4n) is 4.80. The first-order chi connectivity index (χ1) is 17.5. The fraction of sp³-hybridized carbons (Fsp3) is 0.296.